The normalized spacial score (nSPS) is 10.0. The highest BCUT2D eigenvalue weighted by molar-refractivity contribution is 5.95. The van der Waals surface area contributed by atoms with Crippen molar-refractivity contribution < 1.29 is 15.0 Å². The number of nitrogens with zero attached hydrogens (tertiary/aromatic N) is 2. The molecule has 0 saturated heterocycles. The number of hydrogen-bond donors (Lipinski definition) is 2. The summed E-state index contributed by atoms with van der Waals surface area (Å²) in [5, 5.41) is 27.1. The molecule has 17 heavy (non-hydrogen) atoms. The summed E-state index contributed by atoms with van der Waals surface area (Å²) in [4.78, 5) is 13.4. The molecule has 0 unspecified atom stereocenters. The molecule has 0 aliphatic heterocycles. The number of aromatic hydroxyl groups is 2. The van der Waals surface area contributed by atoms with Crippen molar-refractivity contribution >= 4 is 5.91 Å². The van der Waals surface area contributed by atoms with Gasteiger partial charge in [-0.25, -0.2) is 0 Å². The average molecular weight is 234 g/mol. The second kappa shape index (κ2) is 5.21. The summed E-state index contributed by atoms with van der Waals surface area (Å²) in [5.74, 6) is -0.980. The largest absolute Gasteiger partial charge is 0.504 e. The molecule has 0 atom stereocenters. The highest BCUT2D eigenvalue weighted by Crippen LogP contribution is 2.25. The van der Waals surface area contributed by atoms with Gasteiger partial charge in [-0.3, -0.25) is 4.79 Å². The Bertz CT molecular complexity index is 463. The predicted molar refractivity (Wildman–Crippen MR) is 61.6 cm³/mol. The van der Waals surface area contributed by atoms with Crippen LogP contribution < -0.4 is 0 Å². The maximum absolute atomic E-state index is 12.0. The predicted octanol–water partition coefficient (Wildman–Crippen LogP) is 1.47. The Labute approximate surface area is 99.5 Å². The second-order valence-electron chi connectivity index (χ2n) is 3.89. The number of rotatable bonds is 3. The molecule has 5 nitrogen and oxygen atoms in total. The van der Waals surface area contributed by atoms with E-state index in [1.165, 1.54) is 23.1 Å². The first-order chi connectivity index (χ1) is 7.97. The van der Waals surface area contributed by atoms with Crippen molar-refractivity contribution in [2.45, 2.75) is 19.9 Å². The average Bonchev–Trinajstić information content (AvgIpc) is 2.28. The number of phenols is 2. The van der Waals surface area contributed by atoms with Crippen LogP contribution in [-0.4, -0.2) is 33.6 Å². The SMILES string of the molecule is CC(C)N(CC#N)C(=O)c1ccc(O)c(O)c1. The summed E-state index contributed by atoms with van der Waals surface area (Å²) in [6, 6.07) is 5.64. The minimum Gasteiger partial charge on any atom is -0.504 e. The molecular weight excluding hydrogens is 220 g/mol. The van der Waals surface area contributed by atoms with E-state index in [9.17, 15) is 9.90 Å². The van der Waals surface area contributed by atoms with Gasteiger partial charge >= 0.3 is 0 Å². The molecular formula is C12H14N2O3. The Kier molecular flexibility index (Phi) is 3.94. The fourth-order valence-electron chi connectivity index (χ4n) is 1.39. The zero-order valence-corrected chi connectivity index (χ0v) is 9.71. The summed E-state index contributed by atoms with van der Waals surface area (Å²) in [6.07, 6.45) is 0. The zero-order chi connectivity index (χ0) is 13.0. The molecule has 0 heterocycles. The lowest BCUT2D eigenvalue weighted by Crippen LogP contribution is -2.37. The molecule has 1 aromatic carbocycles. The van der Waals surface area contributed by atoms with E-state index in [0.29, 0.717) is 0 Å². The quantitative estimate of drug-likeness (QED) is 0.612. The molecule has 1 aromatic rings. The number of carbonyl (C=O) groups excluding carboxylic acids is 1. The van der Waals surface area contributed by atoms with Crippen molar-refractivity contribution in [2.24, 2.45) is 0 Å². The van der Waals surface area contributed by atoms with Crippen LogP contribution in [0.5, 0.6) is 11.5 Å². The Morgan fingerprint density at radius 1 is 1.41 bits per heavy atom. The first-order valence-electron chi connectivity index (χ1n) is 5.17. The van der Waals surface area contributed by atoms with E-state index in [0.717, 1.165) is 0 Å². The Morgan fingerprint density at radius 3 is 2.53 bits per heavy atom. The Hall–Kier alpha value is -2.22. The van der Waals surface area contributed by atoms with Crippen molar-refractivity contribution in [1.82, 2.24) is 4.90 Å². The second-order valence-corrected chi connectivity index (χ2v) is 3.89. The monoisotopic (exact) mass is 234 g/mol. The van der Waals surface area contributed by atoms with E-state index >= 15 is 0 Å². The van der Waals surface area contributed by atoms with Gasteiger partial charge in [0.1, 0.15) is 6.54 Å². The van der Waals surface area contributed by atoms with Crippen LogP contribution in [0.2, 0.25) is 0 Å². The van der Waals surface area contributed by atoms with Crippen LogP contribution in [0.25, 0.3) is 0 Å². The number of benzene rings is 1. The van der Waals surface area contributed by atoms with E-state index < -0.39 is 0 Å². The summed E-state index contributed by atoms with van der Waals surface area (Å²) >= 11 is 0. The number of carbonyl (C=O) groups is 1. The first-order valence-corrected chi connectivity index (χ1v) is 5.17. The van der Waals surface area contributed by atoms with E-state index in [-0.39, 0.29) is 35.6 Å². The van der Waals surface area contributed by atoms with E-state index in [1.807, 2.05) is 6.07 Å². The molecule has 0 radical (unpaired) electrons. The minimum absolute atomic E-state index is 0.0157. The van der Waals surface area contributed by atoms with Gasteiger partial charge in [-0.1, -0.05) is 0 Å². The standard InChI is InChI=1S/C12H14N2O3/c1-8(2)14(6-5-13)12(17)9-3-4-10(15)11(16)7-9/h3-4,7-8,15-16H,6H2,1-2H3. The molecule has 0 aliphatic rings. The van der Waals surface area contributed by atoms with Crippen LogP contribution in [0, 0.1) is 11.3 Å². The van der Waals surface area contributed by atoms with Gasteiger partial charge in [0.2, 0.25) is 0 Å². The zero-order valence-electron chi connectivity index (χ0n) is 9.71. The molecule has 90 valence electrons. The van der Waals surface area contributed by atoms with Crippen molar-refractivity contribution in [2.75, 3.05) is 6.54 Å². The summed E-state index contributed by atoms with van der Waals surface area (Å²) < 4.78 is 0. The lowest BCUT2D eigenvalue weighted by Gasteiger charge is -2.23. The van der Waals surface area contributed by atoms with Crippen molar-refractivity contribution in [3.63, 3.8) is 0 Å². The molecule has 5 heteroatoms. The molecule has 0 saturated carbocycles. The van der Waals surface area contributed by atoms with Crippen LogP contribution >= 0.6 is 0 Å². The molecule has 2 N–H and O–H groups in total. The number of phenolic OH excluding ortho intramolecular Hbond substituents is 2. The maximum atomic E-state index is 12.0. The van der Waals surface area contributed by atoms with Gasteiger partial charge in [0.15, 0.2) is 11.5 Å². The fraction of sp³-hybridized carbons (Fsp3) is 0.333. The third kappa shape index (κ3) is 2.88. The van der Waals surface area contributed by atoms with Gasteiger partial charge in [-0.2, -0.15) is 5.26 Å². The number of nitriles is 1. The molecule has 0 aliphatic carbocycles. The van der Waals surface area contributed by atoms with Gasteiger partial charge in [0, 0.05) is 11.6 Å². The number of amides is 1. The smallest absolute Gasteiger partial charge is 0.255 e. The van der Waals surface area contributed by atoms with E-state index in [1.54, 1.807) is 13.8 Å². The van der Waals surface area contributed by atoms with Gasteiger partial charge in [-0.05, 0) is 32.0 Å². The lowest BCUT2D eigenvalue weighted by molar-refractivity contribution is 0.0731. The summed E-state index contributed by atoms with van der Waals surface area (Å²) in [7, 11) is 0. The van der Waals surface area contributed by atoms with E-state index in [4.69, 9.17) is 10.4 Å². The van der Waals surface area contributed by atoms with Crippen molar-refractivity contribution in [3.05, 3.63) is 23.8 Å². The van der Waals surface area contributed by atoms with Crippen LogP contribution in [0.15, 0.2) is 18.2 Å². The molecule has 1 amide bonds. The molecule has 0 bridgehead atoms. The molecule has 1 rings (SSSR count). The Morgan fingerprint density at radius 2 is 2.06 bits per heavy atom. The molecule has 0 aromatic heterocycles. The highest BCUT2D eigenvalue weighted by atomic mass is 16.3. The Balaban J connectivity index is 3.02. The fourth-order valence-corrected chi connectivity index (χ4v) is 1.39. The third-order valence-electron chi connectivity index (χ3n) is 2.35. The highest BCUT2D eigenvalue weighted by Gasteiger charge is 2.19. The van der Waals surface area contributed by atoms with Crippen LogP contribution in [-0.2, 0) is 0 Å². The van der Waals surface area contributed by atoms with Crippen LogP contribution in [0.4, 0.5) is 0 Å². The summed E-state index contributed by atoms with van der Waals surface area (Å²) in [6.45, 7) is 3.59. The minimum atomic E-state index is -0.350. The lowest BCUT2D eigenvalue weighted by atomic mass is 10.1. The van der Waals surface area contributed by atoms with Crippen LogP contribution in [0.1, 0.15) is 24.2 Å². The van der Waals surface area contributed by atoms with Gasteiger partial charge in [-0.15, -0.1) is 0 Å². The summed E-state index contributed by atoms with van der Waals surface area (Å²) in [5.41, 5.74) is 0.240. The van der Waals surface area contributed by atoms with Crippen molar-refractivity contribution in [3.8, 4) is 17.6 Å². The molecule has 0 spiro atoms. The first kappa shape index (κ1) is 12.8. The van der Waals surface area contributed by atoms with E-state index in [2.05, 4.69) is 0 Å². The van der Waals surface area contributed by atoms with Gasteiger partial charge in [0.05, 0.1) is 6.07 Å². The van der Waals surface area contributed by atoms with Crippen LogP contribution in [0.3, 0.4) is 0 Å². The number of hydrogen-bond acceptors (Lipinski definition) is 4. The third-order valence-corrected chi connectivity index (χ3v) is 2.35. The van der Waals surface area contributed by atoms with Gasteiger partial charge in [0.25, 0.3) is 5.91 Å². The van der Waals surface area contributed by atoms with Crippen molar-refractivity contribution in [1.29, 1.82) is 5.26 Å². The molecule has 0 fully saturated rings. The maximum Gasteiger partial charge on any atom is 0.255 e. The van der Waals surface area contributed by atoms with Gasteiger partial charge < -0.3 is 15.1 Å². The topological polar surface area (TPSA) is 84.6 Å².